The number of aromatic nitrogens is 2. The molecule has 0 bridgehead atoms. The Morgan fingerprint density at radius 1 is 1.11 bits per heavy atom. The summed E-state index contributed by atoms with van der Waals surface area (Å²) in [6.45, 7) is 6.14. The number of thioether (sulfide) groups is 1. The molecule has 0 N–H and O–H groups in total. The lowest BCUT2D eigenvalue weighted by atomic mass is 10.1. The monoisotopic (exact) mass is 294 g/mol. The van der Waals surface area contributed by atoms with Gasteiger partial charge in [0.15, 0.2) is 5.16 Å². The van der Waals surface area contributed by atoms with Gasteiger partial charge in [0, 0.05) is 6.07 Å². The lowest BCUT2D eigenvalue weighted by molar-refractivity contribution is 0.451. The van der Waals surface area contributed by atoms with Crippen LogP contribution in [-0.2, 0) is 0 Å². The maximum absolute atomic E-state index is 5.95. The van der Waals surface area contributed by atoms with Gasteiger partial charge in [-0.3, -0.25) is 0 Å². The summed E-state index contributed by atoms with van der Waals surface area (Å²) in [6, 6.07) is 5.75. The molecule has 1 aromatic carbocycles. The van der Waals surface area contributed by atoms with Crippen molar-refractivity contribution in [3.8, 4) is 11.6 Å². The zero-order valence-corrected chi connectivity index (χ0v) is 12.9. The van der Waals surface area contributed by atoms with Gasteiger partial charge in [0.1, 0.15) is 10.9 Å². The highest BCUT2D eigenvalue weighted by molar-refractivity contribution is 7.98. The summed E-state index contributed by atoms with van der Waals surface area (Å²) < 4.78 is 5.85. The maximum atomic E-state index is 5.95. The molecule has 1 aromatic heterocycles. The number of aryl methyl sites for hydroxylation is 2. The first kappa shape index (κ1) is 14.2. The maximum Gasteiger partial charge on any atom is 0.224 e. The van der Waals surface area contributed by atoms with Gasteiger partial charge in [-0.1, -0.05) is 29.4 Å². The van der Waals surface area contributed by atoms with Crippen molar-refractivity contribution in [2.24, 2.45) is 0 Å². The van der Waals surface area contributed by atoms with Crippen molar-refractivity contribution >= 4 is 23.4 Å². The first-order chi connectivity index (χ1) is 8.99. The summed E-state index contributed by atoms with van der Waals surface area (Å²) in [5, 5.41) is 0.987. The van der Waals surface area contributed by atoms with Gasteiger partial charge in [-0.15, -0.1) is 0 Å². The van der Waals surface area contributed by atoms with E-state index in [1.165, 1.54) is 17.3 Å². The van der Waals surface area contributed by atoms with Crippen molar-refractivity contribution in [2.75, 3.05) is 6.26 Å². The summed E-state index contributed by atoms with van der Waals surface area (Å²) >= 11 is 7.38. The van der Waals surface area contributed by atoms with E-state index in [4.69, 9.17) is 16.3 Å². The first-order valence-electron chi connectivity index (χ1n) is 5.84. The summed E-state index contributed by atoms with van der Waals surface area (Å²) in [4.78, 5) is 8.38. The minimum atomic E-state index is 0.386. The van der Waals surface area contributed by atoms with Crippen LogP contribution in [0.2, 0.25) is 5.15 Å². The van der Waals surface area contributed by atoms with Crippen LogP contribution in [0.4, 0.5) is 0 Å². The molecule has 3 nitrogen and oxygen atoms in total. The normalized spacial score (nSPS) is 10.6. The molecule has 0 aliphatic carbocycles. The third-order valence-corrected chi connectivity index (χ3v) is 3.55. The molecule has 5 heteroatoms. The molecule has 0 spiro atoms. The van der Waals surface area contributed by atoms with E-state index in [0.29, 0.717) is 16.2 Å². The Bertz CT molecular complexity index is 617. The summed E-state index contributed by atoms with van der Waals surface area (Å²) in [7, 11) is 0. The van der Waals surface area contributed by atoms with E-state index in [-0.39, 0.29) is 0 Å². The second kappa shape index (κ2) is 5.80. The number of benzene rings is 1. The number of hydrogen-bond donors (Lipinski definition) is 0. The van der Waals surface area contributed by atoms with Crippen LogP contribution < -0.4 is 4.74 Å². The van der Waals surface area contributed by atoms with Crippen molar-refractivity contribution in [3.63, 3.8) is 0 Å². The number of nitrogens with zero attached hydrogens (tertiary/aromatic N) is 2. The highest BCUT2D eigenvalue weighted by Crippen LogP contribution is 2.29. The Kier molecular flexibility index (Phi) is 4.32. The molecular weight excluding hydrogens is 280 g/mol. The van der Waals surface area contributed by atoms with Gasteiger partial charge in [0.25, 0.3) is 0 Å². The van der Waals surface area contributed by atoms with Crippen LogP contribution in [0.25, 0.3) is 0 Å². The largest absolute Gasteiger partial charge is 0.439 e. The van der Waals surface area contributed by atoms with E-state index < -0.39 is 0 Å². The summed E-state index contributed by atoms with van der Waals surface area (Å²) in [5.74, 6) is 1.27. The van der Waals surface area contributed by atoms with Gasteiger partial charge in [-0.05, 0) is 49.8 Å². The van der Waals surface area contributed by atoms with E-state index in [2.05, 4.69) is 23.0 Å². The van der Waals surface area contributed by atoms with Gasteiger partial charge in [-0.2, -0.15) is 4.98 Å². The van der Waals surface area contributed by atoms with Crippen LogP contribution in [0.3, 0.4) is 0 Å². The van der Waals surface area contributed by atoms with Crippen LogP contribution in [0.1, 0.15) is 16.7 Å². The fourth-order valence-electron chi connectivity index (χ4n) is 1.74. The number of hydrogen-bond acceptors (Lipinski definition) is 4. The minimum Gasteiger partial charge on any atom is -0.439 e. The molecule has 100 valence electrons. The fourth-order valence-corrected chi connectivity index (χ4v) is 2.33. The lowest BCUT2D eigenvalue weighted by Gasteiger charge is -2.11. The topological polar surface area (TPSA) is 35.0 Å². The second-order valence-electron chi connectivity index (χ2n) is 4.32. The Hall–Kier alpha value is -1.26. The van der Waals surface area contributed by atoms with E-state index >= 15 is 0 Å². The molecule has 0 fully saturated rings. The Labute approximate surface area is 122 Å². The molecule has 0 aliphatic rings. The van der Waals surface area contributed by atoms with E-state index in [9.17, 15) is 0 Å². The molecule has 0 saturated heterocycles. The third kappa shape index (κ3) is 3.39. The predicted octanol–water partition coefficient (Wildman–Crippen LogP) is 4.57. The molecule has 2 aromatic rings. The minimum absolute atomic E-state index is 0.386. The fraction of sp³-hybridized carbons (Fsp3) is 0.286. The third-order valence-electron chi connectivity index (χ3n) is 2.81. The number of rotatable bonds is 3. The SMILES string of the molecule is CSc1nc(Cl)cc(Oc2cc(C)cc(C)c2C)n1. The van der Waals surface area contributed by atoms with Crippen molar-refractivity contribution in [3.05, 3.63) is 40.0 Å². The van der Waals surface area contributed by atoms with E-state index in [1.54, 1.807) is 6.07 Å². The molecular formula is C14H15ClN2OS. The van der Waals surface area contributed by atoms with E-state index in [0.717, 1.165) is 16.9 Å². The van der Waals surface area contributed by atoms with Crippen LogP contribution in [-0.4, -0.2) is 16.2 Å². The predicted molar refractivity (Wildman–Crippen MR) is 79.6 cm³/mol. The van der Waals surface area contributed by atoms with Gasteiger partial charge in [0.2, 0.25) is 5.88 Å². The highest BCUT2D eigenvalue weighted by atomic mass is 35.5. The smallest absolute Gasteiger partial charge is 0.224 e. The van der Waals surface area contributed by atoms with Crippen LogP contribution >= 0.6 is 23.4 Å². The zero-order chi connectivity index (χ0) is 14.0. The van der Waals surface area contributed by atoms with Crippen molar-refractivity contribution in [1.82, 2.24) is 9.97 Å². The molecule has 0 aliphatic heterocycles. The Morgan fingerprint density at radius 2 is 1.84 bits per heavy atom. The average molecular weight is 295 g/mol. The van der Waals surface area contributed by atoms with Crippen molar-refractivity contribution in [2.45, 2.75) is 25.9 Å². The van der Waals surface area contributed by atoms with Crippen LogP contribution in [0.5, 0.6) is 11.6 Å². The molecule has 0 saturated carbocycles. The quantitative estimate of drug-likeness (QED) is 0.472. The summed E-state index contributed by atoms with van der Waals surface area (Å²) in [6.07, 6.45) is 1.90. The van der Waals surface area contributed by atoms with E-state index in [1.807, 2.05) is 26.2 Å². The number of ether oxygens (including phenoxy) is 1. The van der Waals surface area contributed by atoms with Crippen molar-refractivity contribution in [1.29, 1.82) is 0 Å². The molecule has 19 heavy (non-hydrogen) atoms. The molecule has 0 radical (unpaired) electrons. The highest BCUT2D eigenvalue weighted by Gasteiger charge is 2.08. The van der Waals surface area contributed by atoms with Crippen LogP contribution in [0.15, 0.2) is 23.4 Å². The van der Waals surface area contributed by atoms with Gasteiger partial charge >= 0.3 is 0 Å². The zero-order valence-electron chi connectivity index (χ0n) is 11.3. The standard InChI is InChI=1S/C14H15ClN2OS/c1-8-5-9(2)10(3)11(6-8)18-13-7-12(15)16-14(17-13)19-4/h5-7H,1-4H3. The average Bonchev–Trinajstić information content (AvgIpc) is 2.34. The lowest BCUT2D eigenvalue weighted by Crippen LogP contribution is -1.96. The number of halogens is 1. The first-order valence-corrected chi connectivity index (χ1v) is 7.44. The molecule has 1 heterocycles. The van der Waals surface area contributed by atoms with Gasteiger partial charge in [0.05, 0.1) is 0 Å². The molecule has 2 rings (SSSR count). The summed E-state index contributed by atoms with van der Waals surface area (Å²) in [5.41, 5.74) is 3.45. The van der Waals surface area contributed by atoms with Crippen molar-refractivity contribution < 1.29 is 4.74 Å². The molecule has 0 amide bonds. The van der Waals surface area contributed by atoms with Gasteiger partial charge < -0.3 is 4.74 Å². The molecule has 0 atom stereocenters. The Balaban J connectivity index is 2.38. The second-order valence-corrected chi connectivity index (χ2v) is 5.48. The Morgan fingerprint density at radius 3 is 2.53 bits per heavy atom. The molecule has 0 unspecified atom stereocenters. The van der Waals surface area contributed by atoms with Crippen LogP contribution in [0, 0.1) is 20.8 Å². The van der Waals surface area contributed by atoms with Gasteiger partial charge in [-0.25, -0.2) is 4.98 Å².